The summed E-state index contributed by atoms with van der Waals surface area (Å²) in [4.78, 5) is 14.4. The minimum absolute atomic E-state index is 0.0264. The van der Waals surface area contributed by atoms with E-state index in [0.29, 0.717) is 18.7 Å². The number of fused-ring (bicyclic) bond motifs is 1. The summed E-state index contributed by atoms with van der Waals surface area (Å²) in [6.45, 7) is 1.33. The highest BCUT2D eigenvalue weighted by atomic mass is 16.5. The van der Waals surface area contributed by atoms with Crippen molar-refractivity contribution in [3.05, 3.63) is 60.2 Å². The van der Waals surface area contributed by atoms with E-state index in [1.807, 2.05) is 54.6 Å². The number of anilines is 1. The lowest BCUT2D eigenvalue weighted by Crippen LogP contribution is -2.31. The number of benzene rings is 2. The molecule has 3 heteroatoms. The van der Waals surface area contributed by atoms with Crippen LogP contribution in [0.3, 0.4) is 0 Å². The first-order valence-corrected chi connectivity index (χ1v) is 6.45. The fourth-order valence-electron chi connectivity index (χ4n) is 2.27. The molecule has 0 unspecified atom stereocenters. The Morgan fingerprint density at radius 2 is 1.74 bits per heavy atom. The third kappa shape index (κ3) is 2.32. The van der Waals surface area contributed by atoms with Crippen LogP contribution < -0.4 is 9.64 Å². The molecule has 1 aliphatic heterocycles. The van der Waals surface area contributed by atoms with Crippen LogP contribution in [0.15, 0.2) is 54.6 Å². The van der Waals surface area contributed by atoms with Crippen LogP contribution in [-0.4, -0.2) is 19.1 Å². The molecule has 0 bridgehead atoms. The molecule has 96 valence electrons. The van der Waals surface area contributed by atoms with Crippen molar-refractivity contribution < 1.29 is 9.53 Å². The van der Waals surface area contributed by atoms with E-state index in [1.54, 1.807) is 4.90 Å². The maximum Gasteiger partial charge on any atom is 0.258 e. The third-order valence-electron chi connectivity index (χ3n) is 3.21. The summed E-state index contributed by atoms with van der Waals surface area (Å²) in [7, 11) is 0. The Labute approximate surface area is 112 Å². The van der Waals surface area contributed by atoms with Crippen LogP contribution in [0.5, 0.6) is 5.75 Å². The molecule has 3 rings (SSSR count). The van der Waals surface area contributed by atoms with E-state index < -0.39 is 0 Å². The Hall–Kier alpha value is -2.29. The van der Waals surface area contributed by atoms with Gasteiger partial charge in [-0.3, -0.25) is 4.79 Å². The zero-order valence-electron chi connectivity index (χ0n) is 10.6. The predicted molar refractivity (Wildman–Crippen MR) is 74.7 cm³/mol. The Morgan fingerprint density at radius 1 is 1.00 bits per heavy atom. The van der Waals surface area contributed by atoms with E-state index in [2.05, 4.69) is 0 Å². The number of ether oxygens (including phenoxy) is 1. The van der Waals surface area contributed by atoms with Crippen molar-refractivity contribution >= 4 is 11.6 Å². The first-order chi connectivity index (χ1) is 9.36. The summed E-state index contributed by atoms with van der Waals surface area (Å²) in [6, 6.07) is 17.1. The molecule has 0 saturated carbocycles. The molecule has 1 aliphatic rings. The normalized spacial score (nSPS) is 14.2. The van der Waals surface area contributed by atoms with Crippen molar-refractivity contribution in [2.45, 2.75) is 6.42 Å². The molecule has 0 aromatic heterocycles. The van der Waals surface area contributed by atoms with Crippen LogP contribution in [0.25, 0.3) is 0 Å². The van der Waals surface area contributed by atoms with E-state index >= 15 is 0 Å². The first kappa shape index (κ1) is 11.8. The van der Waals surface area contributed by atoms with Crippen LogP contribution >= 0.6 is 0 Å². The second-order valence-corrected chi connectivity index (χ2v) is 4.49. The maximum absolute atomic E-state index is 12.6. The number of amides is 1. The number of hydrogen-bond acceptors (Lipinski definition) is 2. The molecule has 0 saturated heterocycles. The Bertz CT molecular complexity index is 580. The Kier molecular flexibility index (Phi) is 3.19. The van der Waals surface area contributed by atoms with Gasteiger partial charge in [-0.05, 0) is 30.7 Å². The highest BCUT2D eigenvalue weighted by Crippen LogP contribution is 2.31. The molecular weight excluding hydrogens is 238 g/mol. The smallest absolute Gasteiger partial charge is 0.258 e. The van der Waals surface area contributed by atoms with Gasteiger partial charge in [0, 0.05) is 12.1 Å². The Balaban J connectivity index is 1.99. The van der Waals surface area contributed by atoms with Crippen molar-refractivity contribution in [2.24, 2.45) is 0 Å². The second-order valence-electron chi connectivity index (χ2n) is 4.49. The van der Waals surface area contributed by atoms with Gasteiger partial charge in [0.1, 0.15) is 5.75 Å². The van der Waals surface area contributed by atoms with Gasteiger partial charge in [0.25, 0.3) is 5.91 Å². The molecule has 0 atom stereocenters. The van der Waals surface area contributed by atoms with Gasteiger partial charge in [0.15, 0.2) is 0 Å². The lowest BCUT2D eigenvalue weighted by molar-refractivity contribution is 0.0987. The number of para-hydroxylation sites is 2. The molecule has 1 heterocycles. The third-order valence-corrected chi connectivity index (χ3v) is 3.21. The van der Waals surface area contributed by atoms with E-state index in [-0.39, 0.29) is 5.91 Å². The molecule has 0 spiro atoms. The van der Waals surface area contributed by atoms with Crippen molar-refractivity contribution in [1.82, 2.24) is 0 Å². The van der Waals surface area contributed by atoms with Crippen LogP contribution in [0, 0.1) is 0 Å². The average molecular weight is 253 g/mol. The highest BCUT2D eigenvalue weighted by Gasteiger charge is 2.22. The molecular formula is C16H15NO2. The van der Waals surface area contributed by atoms with Crippen molar-refractivity contribution in [3.8, 4) is 5.75 Å². The molecule has 2 aromatic rings. The molecule has 1 amide bonds. The fraction of sp³-hybridized carbons (Fsp3) is 0.188. The van der Waals surface area contributed by atoms with Gasteiger partial charge in [-0.25, -0.2) is 0 Å². The quantitative estimate of drug-likeness (QED) is 0.781. The summed E-state index contributed by atoms with van der Waals surface area (Å²) < 4.78 is 5.67. The van der Waals surface area contributed by atoms with E-state index in [9.17, 15) is 4.79 Å². The molecule has 0 N–H and O–H groups in total. The number of nitrogens with zero attached hydrogens (tertiary/aromatic N) is 1. The van der Waals surface area contributed by atoms with Gasteiger partial charge in [-0.15, -0.1) is 0 Å². The molecule has 19 heavy (non-hydrogen) atoms. The molecule has 3 nitrogen and oxygen atoms in total. The fourth-order valence-corrected chi connectivity index (χ4v) is 2.27. The van der Waals surface area contributed by atoms with Crippen molar-refractivity contribution in [2.75, 3.05) is 18.1 Å². The minimum atomic E-state index is 0.0264. The van der Waals surface area contributed by atoms with Gasteiger partial charge in [0.2, 0.25) is 0 Å². The average Bonchev–Trinajstić information content (AvgIpc) is 2.70. The lowest BCUT2D eigenvalue weighted by Gasteiger charge is -2.21. The van der Waals surface area contributed by atoms with Crippen molar-refractivity contribution in [1.29, 1.82) is 0 Å². The van der Waals surface area contributed by atoms with Gasteiger partial charge in [0.05, 0.1) is 12.3 Å². The maximum atomic E-state index is 12.6. The van der Waals surface area contributed by atoms with Gasteiger partial charge < -0.3 is 9.64 Å². The van der Waals surface area contributed by atoms with Gasteiger partial charge >= 0.3 is 0 Å². The first-order valence-electron chi connectivity index (χ1n) is 6.45. The number of rotatable bonds is 1. The summed E-state index contributed by atoms with van der Waals surface area (Å²) in [5.41, 5.74) is 1.56. The van der Waals surface area contributed by atoms with Crippen LogP contribution in [0.4, 0.5) is 5.69 Å². The number of carbonyl (C=O) groups is 1. The van der Waals surface area contributed by atoms with E-state index in [1.165, 1.54) is 0 Å². The molecule has 0 aliphatic carbocycles. The van der Waals surface area contributed by atoms with Gasteiger partial charge in [-0.2, -0.15) is 0 Å². The molecule has 2 aromatic carbocycles. The van der Waals surface area contributed by atoms with Crippen LogP contribution in [0.2, 0.25) is 0 Å². The van der Waals surface area contributed by atoms with E-state index in [0.717, 1.165) is 17.9 Å². The topological polar surface area (TPSA) is 29.5 Å². The largest absolute Gasteiger partial charge is 0.491 e. The summed E-state index contributed by atoms with van der Waals surface area (Å²) in [6.07, 6.45) is 0.841. The zero-order valence-corrected chi connectivity index (χ0v) is 10.6. The zero-order chi connectivity index (χ0) is 13.1. The van der Waals surface area contributed by atoms with E-state index in [4.69, 9.17) is 4.74 Å². The monoisotopic (exact) mass is 253 g/mol. The standard InChI is InChI=1S/C16H15NO2/c18-16(13-7-2-1-3-8-13)17-11-6-12-19-15-10-5-4-9-14(15)17/h1-5,7-10H,6,11-12H2. The van der Waals surface area contributed by atoms with Crippen LogP contribution in [0.1, 0.15) is 16.8 Å². The molecule has 0 radical (unpaired) electrons. The summed E-state index contributed by atoms with van der Waals surface area (Å²) in [5, 5.41) is 0. The minimum Gasteiger partial charge on any atom is -0.491 e. The van der Waals surface area contributed by atoms with Crippen LogP contribution in [-0.2, 0) is 0 Å². The van der Waals surface area contributed by atoms with Gasteiger partial charge in [-0.1, -0.05) is 30.3 Å². The number of carbonyl (C=O) groups excluding carboxylic acids is 1. The second kappa shape index (κ2) is 5.14. The number of hydrogen-bond donors (Lipinski definition) is 0. The molecule has 0 fully saturated rings. The van der Waals surface area contributed by atoms with Crippen molar-refractivity contribution in [3.63, 3.8) is 0 Å². The SMILES string of the molecule is O=C(c1ccccc1)N1CCCOc2ccccc21. The Morgan fingerprint density at radius 3 is 2.58 bits per heavy atom. The predicted octanol–water partition coefficient (Wildman–Crippen LogP) is 3.12. The lowest BCUT2D eigenvalue weighted by atomic mass is 10.1. The summed E-state index contributed by atoms with van der Waals surface area (Å²) >= 11 is 0. The summed E-state index contributed by atoms with van der Waals surface area (Å²) in [5.74, 6) is 0.808. The highest BCUT2D eigenvalue weighted by molar-refractivity contribution is 6.06.